The highest BCUT2D eigenvalue weighted by Gasteiger charge is 2.37. The van der Waals surface area contributed by atoms with E-state index in [-0.39, 0.29) is 18.1 Å². The Bertz CT molecular complexity index is 254. The molecule has 0 aromatic rings. The van der Waals surface area contributed by atoms with Crippen LogP contribution in [0.25, 0.3) is 0 Å². The van der Waals surface area contributed by atoms with Crippen LogP contribution in [0, 0.1) is 11.8 Å². The normalized spacial score (nSPS) is 25.4. The number of ether oxygens (including phenoxy) is 1. The van der Waals surface area contributed by atoms with E-state index in [0.717, 1.165) is 6.61 Å². The van der Waals surface area contributed by atoms with Crippen molar-refractivity contribution < 1.29 is 9.53 Å². The van der Waals surface area contributed by atoms with E-state index in [9.17, 15) is 4.79 Å². The van der Waals surface area contributed by atoms with Crippen molar-refractivity contribution in [3.63, 3.8) is 0 Å². The van der Waals surface area contributed by atoms with Crippen LogP contribution in [0.1, 0.15) is 34.6 Å². The van der Waals surface area contributed by atoms with E-state index in [1.807, 2.05) is 11.8 Å². The molecule has 0 aliphatic carbocycles. The summed E-state index contributed by atoms with van der Waals surface area (Å²) in [6.07, 6.45) is 0.123. The molecule has 17 heavy (non-hydrogen) atoms. The second-order valence-corrected chi connectivity index (χ2v) is 5.56. The summed E-state index contributed by atoms with van der Waals surface area (Å²) >= 11 is 0. The van der Waals surface area contributed by atoms with Gasteiger partial charge in [-0.3, -0.25) is 10.1 Å². The van der Waals surface area contributed by atoms with Gasteiger partial charge in [-0.1, -0.05) is 27.7 Å². The van der Waals surface area contributed by atoms with Gasteiger partial charge in [-0.25, -0.2) is 0 Å². The Labute approximate surface area is 105 Å². The maximum Gasteiger partial charge on any atom is 0.241 e. The van der Waals surface area contributed by atoms with Crippen molar-refractivity contribution in [2.24, 2.45) is 11.8 Å². The molecule has 1 fully saturated rings. The van der Waals surface area contributed by atoms with Crippen LogP contribution in [0.5, 0.6) is 0 Å². The maximum absolute atomic E-state index is 12.1. The third kappa shape index (κ3) is 3.96. The van der Waals surface area contributed by atoms with Gasteiger partial charge >= 0.3 is 0 Å². The van der Waals surface area contributed by atoms with Gasteiger partial charge in [-0.05, 0) is 18.8 Å². The number of carbonyl (C=O) groups excluding carboxylic acids is 1. The predicted molar refractivity (Wildman–Crippen MR) is 68.6 cm³/mol. The second-order valence-electron chi connectivity index (χ2n) is 5.56. The van der Waals surface area contributed by atoms with Gasteiger partial charge < -0.3 is 9.64 Å². The molecule has 1 heterocycles. The van der Waals surface area contributed by atoms with Crippen LogP contribution in [0.4, 0.5) is 0 Å². The minimum absolute atomic E-state index is 0.0323. The van der Waals surface area contributed by atoms with Crippen molar-refractivity contribution in [1.29, 1.82) is 0 Å². The maximum atomic E-state index is 12.1. The van der Waals surface area contributed by atoms with Crippen LogP contribution in [-0.4, -0.2) is 42.8 Å². The SMILES string of the molecule is CC(C)COCCN1C(=O)C(C(C)C)NC1C. The molecule has 0 saturated carbocycles. The molecule has 1 saturated heterocycles. The molecule has 0 spiro atoms. The summed E-state index contributed by atoms with van der Waals surface area (Å²) in [6.45, 7) is 12.5. The zero-order valence-electron chi connectivity index (χ0n) is 11.7. The molecule has 2 atom stereocenters. The van der Waals surface area contributed by atoms with Crippen molar-refractivity contribution in [3.05, 3.63) is 0 Å². The number of hydrogen-bond acceptors (Lipinski definition) is 3. The number of nitrogens with one attached hydrogen (secondary N) is 1. The summed E-state index contributed by atoms with van der Waals surface area (Å²) in [7, 11) is 0. The van der Waals surface area contributed by atoms with Gasteiger partial charge in [0.1, 0.15) is 0 Å². The van der Waals surface area contributed by atoms with Crippen molar-refractivity contribution in [2.75, 3.05) is 19.8 Å². The topological polar surface area (TPSA) is 41.6 Å². The lowest BCUT2D eigenvalue weighted by molar-refractivity contribution is -0.131. The predicted octanol–water partition coefficient (Wildman–Crippen LogP) is 1.46. The summed E-state index contributed by atoms with van der Waals surface area (Å²) in [6, 6.07) is -0.0323. The van der Waals surface area contributed by atoms with E-state index in [1.165, 1.54) is 0 Å². The van der Waals surface area contributed by atoms with Crippen LogP contribution in [0.2, 0.25) is 0 Å². The Kier molecular flexibility index (Phi) is 5.40. The summed E-state index contributed by atoms with van der Waals surface area (Å²) < 4.78 is 5.53. The zero-order chi connectivity index (χ0) is 13.0. The van der Waals surface area contributed by atoms with E-state index < -0.39 is 0 Å². The fourth-order valence-corrected chi connectivity index (χ4v) is 2.05. The van der Waals surface area contributed by atoms with Crippen molar-refractivity contribution in [3.8, 4) is 0 Å². The Morgan fingerprint density at radius 1 is 1.35 bits per heavy atom. The minimum Gasteiger partial charge on any atom is -0.379 e. The molecule has 2 unspecified atom stereocenters. The number of amides is 1. The van der Waals surface area contributed by atoms with Crippen LogP contribution in [-0.2, 0) is 9.53 Å². The fourth-order valence-electron chi connectivity index (χ4n) is 2.05. The highest BCUT2D eigenvalue weighted by molar-refractivity contribution is 5.84. The molecular formula is C13H26N2O2. The average Bonchev–Trinajstić information content (AvgIpc) is 2.50. The summed E-state index contributed by atoms with van der Waals surface area (Å²) in [4.78, 5) is 14.0. The van der Waals surface area contributed by atoms with Crippen molar-refractivity contribution in [1.82, 2.24) is 10.2 Å². The summed E-state index contributed by atoms with van der Waals surface area (Å²) in [5, 5.41) is 3.32. The standard InChI is InChI=1S/C13H26N2O2/c1-9(2)8-17-7-6-15-11(5)14-12(10(3)4)13(15)16/h9-12,14H,6-8H2,1-5H3. The number of carbonyl (C=O) groups is 1. The Morgan fingerprint density at radius 3 is 2.47 bits per heavy atom. The van der Waals surface area contributed by atoms with Crippen LogP contribution < -0.4 is 5.32 Å². The molecule has 0 aromatic carbocycles. The molecule has 0 bridgehead atoms. The van der Waals surface area contributed by atoms with Crippen LogP contribution in [0.15, 0.2) is 0 Å². The molecule has 1 aliphatic heterocycles. The highest BCUT2D eigenvalue weighted by Crippen LogP contribution is 2.16. The van der Waals surface area contributed by atoms with Gasteiger partial charge in [-0.2, -0.15) is 0 Å². The van der Waals surface area contributed by atoms with Gasteiger partial charge in [0.15, 0.2) is 0 Å². The Morgan fingerprint density at radius 2 is 2.00 bits per heavy atom. The lowest BCUT2D eigenvalue weighted by Gasteiger charge is -2.21. The first-order valence-corrected chi connectivity index (χ1v) is 6.57. The summed E-state index contributed by atoms with van der Waals surface area (Å²) in [5.41, 5.74) is 0. The molecule has 0 aromatic heterocycles. The van der Waals surface area contributed by atoms with Crippen molar-refractivity contribution in [2.45, 2.75) is 46.8 Å². The lowest BCUT2D eigenvalue weighted by Crippen LogP contribution is -2.37. The molecule has 1 N–H and O–H groups in total. The lowest BCUT2D eigenvalue weighted by atomic mass is 10.1. The van der Waals surface area contributed by atoms with E-state index in [0.29, 0.717) is 25.0 Å². The Balaban J connectivity index is 2.36. The van der Waals surface area contributed by atoms with E-state index in [4.69, 9.17) is 4.74 Å². The second kappa shape index (κ2) is 6.36. The third-order valence-electron chi connectivity index (χ3n) is 3.03. The molecule has 4 heteroatoms. The smallest absolute Gasteiger partial charge is 0.241 e. The number of hydrogen-bond donors (Lipinski definition) is 1. The van der Waals surface area contributed by atoms with Crippen LogP contribution >= 0.6 is 0 Å². The molecular weight excluding hydrogens is 216 g/mol. The van der Waals surface area contributed by atoms with E-state index >= 15 is 0 Å². The fraction of sp³-hybridized carbons (Fsp3) is 0.923. The van der Waals surface area contributed by atoms with Gasteiger partial charge in [-0.15, -0.1) is 0 Å². The molecule has 100 valence electrons. The van der Waals surface area contributed by atoms with Crippen LogP contribution in [0.3, 0.4) is 0 Å². The highest BCUT2D eigenvalue weighted by atomic mass is 16.5. The first-order chi connectivity index (χ1) is 7.93. The molecule has 1 aliphatic rings. The molecule has 1 amide bonds. The quantitative estimate of drug-likeness (QED) is 0.717. The number of rotatable bonds is 6. The first kappa shape index (κ1) is 14.5. The minimum atomic E-state index is -0.0323. The number of nitrogens with zero attached hydrogens (tertiary/aromatic N) is 1. The summed E-state index contributed by atoms with van der Waals surface area (Å²) in [5.74, 6) is 1.09. The molecule has 0 radical (unpaired) electrons. The molecule has 1 rings (SSSR count). The third-order valence-corrected chi connectivity index (χ3v) is 3.03. The van der Waals surface area contributed by atoms with Gasteiger partial charge in [0, 0.05) is 13.2 Å². The first-order valence-electron chi connectivity index (χ1n) is 6.57. The average molecular weight is 242 g/mol. The van der Waals surface area contributed by atoms with Gasteiger partial charge in [0.2, 0.25) is 5.91 Å². The monoisotopic (exact) mass is 242 g/mol. The largest absolute Gasteiger partial charge is 0.379 e. The van der Waals surface area contributed by atoms with Gasteiger partial charge in [0.05, 0.1) is 18.8 Å². The zero-order valence-corrected chi connectivity index (χ0v) is 11.7. The van der Waals surface area contributed by atoms with E-state index in [1.54, 1.807) is 0 Å². The van der Waals surface area contributed by atoms with Crippen molar-refractivity contribution >= 4 is 5.91 Å². The molecule has 4 nitrogen and oxygen atoms in total. The van der Waals surface area contributed by atoms with Gasteiger partial charge in [0.25, 0.3) is 0 Å². The van der Waals surface area contributed by atoms with E-state index in [2.05, 4.69) is 33.0 Å². The Hall–Kier alpha value is -0.610.